The second kappa shape index (κ2) is 4.87. The van der Waals surface area contributed by atoms with Crippen molar-refractivity contribution in [3.8, 4) is 0 Å². The van der Waals surface area contributed by atoms with Gasteiger partial charge in [-0.05, 0) is 25.5 Å². The zero-order valence-electron chi connectivity index (χ0n) is 7.04. The predicted octanol–water partition coefficient (Wildman–Crippen LogP) is 0.744. The molecule has 3 nitrogen and oxygen atoms in total. The fourth-order valence-corrected chi connectivity index (χ4v) is 1.14. The Hall–Kier alpha value is -0.900. The minimum Gasteiger partial charge on any atom is -0.330 e. The number of nitrogens with two attached hydrogens (primary N) is 1. The van der Waals surface area contributed by atoms with Gasteiger partial charge in [-0.15, -0.1) is 0 Å². The van der Waals surface area contributed by atoms with E-state index in [0.717, 1.165) is 18.5 Å². The molecule has 4 heteroatoms. The first-order valence-corrected chi connectivity index (χ1v) is 4.15. The van der Waals surface area contributed by atoms with Gasteiger partial charge in [0.2, 0.25) is 0 Å². The van der Waals surface area contributed by atoms with Crippen LogP contribution in [0.4, 0.5) is 4.39 Å². The molecule has 0 radical (unpaired) electrons. The Kier molecular flexibility index (Phi) is 3.73. The molecular weight excluding hydrogens is 157 g/mol. The van der Waals surface area contributed by atoms with Crippen LogP contribution in [0.15, 0.2) is 12.3 Å². The van der Waals surface area contributed by atoms with E-state index < -0.39 is 0 Å². The van der Waals surface area contributed by atoms with Gasteiger partial charge in [-0.25, -0.2) is 4.39 Å². The van der Waals surface area contributed by atoms with Crippen LogP contribution in [-0.2, 0) is 13.0 Å². The number of aromatic nitrogens is 2. The molecule has 0 saturated carbocycles. The van der Waals surface area contributed by atoms with Crippen LogP contribution >= 0.6 is 0 Å². The summed E-state index contributed by atoms with van der Waals surface area (Å²) >= 11 is 0. The minimum absolute atomic E-state index is 0.354. The van der Waals surface area contributed by atoms with Gasteiger partial charge in [0.05, 0.1) is 6.54 Å². The number of halogens is 1. The highest BCUT2D eigenvalue weighted by molar-refractivity contribution is 5.00. The zero-order valence-corrected chi connectivity index (χ0v) is 7.04. The quantitative estimate of drug-likeness (QED) is 0.710. The normalized spacial score (nSPS) is 10.5. The third-order valence-corrected chi connectivity index (χ3v) is 1.74. The summed E-state index contributed by atoms with van der Waals surface area (Å²) in [4.78, 5) is 0. The van der Waals surface area contributed by atoms with Crippen molar-refractivity contribution in [3.63, 3.8) is 0 Å². The van der Waals surface area contributed by atoms with Crippen molar-refractivity contribution in [2.24, 2.45) is 5.73 Å². The molecule has 1 rings (SSSR count). The van der Waals surface area contributed by atoms with Crippen molar-refractivity contribution in [1.29, 1.82) is 0 Å². The average molecular weight is 171 g/mol. The number of alkyl halides is 1. The summed E-state index contributed by atoms with van der Waals surface area (Å²) in [6.45, 7) is 0.658. The molecule has 0 unspecified atom stereocenters. The fraction of sp³-hybridized carbons (Fsp3) is 0.625. The molecule has 0 atom stereocenters. The van der Waals surface area contributed by atoms with Crippen molar-refractivity contribution in [2.75, 3.05) is 13.2 Å². The van der Waals surface area contributed by atoms with Crippen LogP contribution in [0.3, 0.4) is 0 Å². The van der Waals surface area contributed by atoms with Gasteiger partial charge < -0.3 is 5.73 Å². The third kappa shape index (κ3) is 2.30. The second-order valence-corrected chi connectivity index (χ2v) is 2.63. The number of nitrogens with zero attached hydrogens (tertiary/aromatic N) is 2. The van der Waals surface area contributed by atoms with Crippen molar-refractivity contribution in [2.45, 2.75) is 19.4 Å². The van der Waals surface area contributed by atoms with Gasteiger partial charge in [-0.2, -0.15) is 5.10 Å². The number of aryl methyl sites for hydroxylation is 2. The molecule has 1 aromatic rings. The van der Waals surface area contributed by atoms with Gasteiger partial charge >= 0.3 is 0 Å². The highest BCUT2D eigenvalue weighted by Gasteiger charge is 2.00. The van der Waals surface area contributed by atoms with Crippen LogP contribution in [0, 0.1) is 0 Å². The smallest absolute Gasteiger partial charge is 0.109 e. The monoisotopic (exact) mass is 171 g/mol. The third-order valence-electron chi connectivity index (χ3n) is 1.74. The summed E-state index contributed by atoms with van der Waals surface area (Å²) < 4.78 is 13.7. The van der Waals surface area contributed by atoms with E-state index in [1.54, 1.807) is 10.9 Å². The van der Waals surface area contributed by atoms with E-state index in [0.29, 0.717) is 13.1 Å². The van der Waals surface area contributed by atoms with E-state index in [1.165, 1.54) is 0 Å². The van der Waals surface area contributed by atoms with E-state index in [1.807, 2.05) is 6.07 Å². The maximum Gasteiger partial charge on any atom is 0.109 e. The lowest BCUT2D eigenvalue weighted by molar-refractivity contribution is 0.419. The predicted molar refractivity (Wildman–Crippen MR) is 45.6 cm³/mol. The first kappa shape index (κ1) is 9.19. The molecule has 0 aliphatic rings. The van der Waals surface area contributed by atoms with E-state index in [9.17, 15) is 4.39 Å². The molecule has 2 N–H and O–H groups in total. The van der Waals surface area contributed by atoms with Crippen LogP contribution in [0.1, 0.15) is 12.1 Å². The summed E-state index contributed by atoms with van der Waals surface area (Å²) in [7, 11) is 0. The SMILES string of the molecule is NCCCc1ccnn1CCF. The molecule has 0 spiro atoms. The lowest BCUT2D eigenvalue weighted by Crippen LogP contribution is -2.08. The van der Waals surface area contributed by atoms with Gasteiger partial charge in [0.15, 0.2) is 0 Å². The van der Waals surface area contributed by atoms with Crippen molar-refractivity contribution < 1.29 is 4.39 Å². The first-order chi connectivity index (χ1) is 5.88. The molecule has 0 fully saturated rings. The van der Waals surface area contributed by atoms with Crippen molar-refractivity contribution in [1.82, 2.24) is 9.78 Å². The maximum absolute atomic E-state index is 12.0. The van der Waals surface area contributed by atoms with Gasteiger partial charge in [0.1, 0.15) is 6.67 Å². The highest BCUT2D eigenvalue weighted by Crippen LogP contribution is 2.01. The van der Waals surface area contributed by atoms with Crippen molar-refractivity contribution >= 4 is 0 Å². The largest absolute Gasteiger partial charge is 0.330 e. The first-order valence-electron chi connectivity index (χ1n) is 4.15. The highest BCUT2D eigenvalue weighted by atomic mass is 19.1. The summed E-state index contributed by atoms with van der Waals surface area (Å²) in [5, 5.41) is 3.99. The van der Waals surface area contributed by atoms with Gasteiger partial charge in [0, 0.05) is 11.9 Å². The Morgan fingerprint density at radius 1 is 1.58 bits per heavy atom. The summed E-state index contributed by atoms with van der Waals surface area (Å²) in [5.41, 5.74) is 6.43. The number of hydrogen-bond acceptors (Lipinski definition) is 2. The Morgan fingerprint density at radius 3 is 3.08 bits per heavy atom. The van der Waals surface area contributed by atoms with E-state index >= 15 is 0 Å². The Bertz CT molecular complexity index is 222. The topological polar surface area (TPSA) is 43.8 Å². The Labute approximate surface area is 71.4 Å². The van der Waals surface area contributed by atoms with Crippen LogP contribution in [0.25, 0.3) is 0 Å². The standard InChI is InChI=1S/C8H14FN3/c9-4-7-12-8(2-1-5-10)3-6-11-12/h3,6H,1-2,4-5,7,10H2. The molecule has 0 aromatic carbocycles. The van der Waals surface area contributed by atoms with E-state index in [4.69, 9.17) is 5.73 Å². The zero-order chi connectivity index (χ0) is 8.81. The summed E-state index contributed by atoms with van der Waals surface area (Å²) in [6.07, 6.45) is 3.51. The van der Waals surface area contributed by atoms with Crippen molar-refractivity contribution in [3.05, 3.63) is 18.0 Å². The fourth-order valence-electron chi connectivity index (χ4n) is 1.14. The minimum atomic E-state index is -0.364. The van der Waals surface area contributed by atoms with Crippen LogP contribution < -0.4 is 5.73 Å². The van der Waals surface area contributed by atoms with Crippen LogP contribution in [-0.4, -0.2) is 23.0 Å². The molecule has 0 aliphatic carbocycles. The van der Waals surface area contributed by atoms with Crippen LogP contribution in [0.2, 0.25) is 0 Å². The van der Waals surface area contributed by atoms with E-state index in [2.05, 4.69) is 5.10 Å². The number of rotatable bonds is 5. The molecule has 0 bridgehead atoms. The second-order valence-electron chi connectivity index (χ2n) is 2.63. The Morgan fingerprint density at radius 2 is 2.42 bits per heavy atom. The summed E-state index contributed by atoms with van der Waals surface area (Å²) in [5.74, 6) is 0. The lowest BCUT2D eigenvalue weighted by Gasteiger charge is -2.03. The molecule has 1 aromatic heterocycles. The van der Waals surface area contributed by atoms with E-state index in [-0.39, 0.29) is 6.67 Å². The molecule has 0 saturated heterocycles. The van der Waals surface area contributed by atoms with Gasteiger partial charge in [-0.3, -0.25) is 4.68 Å². The molecule has 1 heterocycles. The average Bonchev–Trinajstić information content (AvgIpc) is 2.50. The maximum atomic E-state index is 12.0. The van der Waals surface area contributed by atoms with Crippen LogP contribution in [0.5, 0.6) is 0 Å². The lowest BCUT2D eigenvalue weighted by atomic mass is 10.2. The number of hydrogen-bond donors (Lipinski definition) is 1. The molecule has 0 aliphatic heterocycles. The Balaban J connectivity index is 2.51. The molecule has 12 heavy (non-hydrogen) atoms. The van der Waals surface area contributed by atoms with Gasteiger partial charge in [0.25, 0.3) is 0 Å². The molecule has 68 valence electrons. The summed E-state index contributed by atoms with van der Waals surface area (Å²) in [6, 6.07) is 1.91. The molecule has 0 amide bonds. The van der Waals surface area contributed by atoms with Gasteiger partial charge in [-0.1, -0.05) is 0 Å². The molecular formula is C8H14FN3.